The lowest BCUT2D eigenvalue weighted by Crippen LogP contribution is -2.19. The van der Waals surface area contributed by atoms with E-state index in [0.29, 0.717) is 0 Å². The molecule has 0 aliphatic heterocycles. The van der Waals surface area contributed by atoms with Crippen molar-refractivity contribution in [3.8, 4) is 0 Å². The number of benzene rings is 1. The third-order valence-electron chi connectivity index (χ3n) is 5.45. The van der Waals surface area contributed by atoms with Gasteiger partial charge in [-0.3, -0.25) is 0 Å². The van der Waals surface area contributed by atoms with Crippen LogP contribution in [0.5, 0.6) is 0 Å². The van der Waals surface area contributed by atoms with Gasteiger partial charge in [0.05, 0.1) is 0 Å². The molecule has 3 aliphatic carbocycles. The van der Waals surface area contributed by atoms with Crippen LogP contribution in [0.4, 0.5) is 0 Å². The Morgan fingerprint density at radius 3 is 2.41 bits per heavy atom. The van der Waals surface area contributed by atoms with Gasteiger partial charge in [0.2, 0.25) is 0 Å². The second kappa shape index (κ2) is 3.84. The quantitative estimate of drug-likeness (QED) is 0.833. The number of hydrogen-bond acceptors (Lipinski definition) is 1. The first-order valence-corrected chi connectivity index (χ1v) is 7.18. The summed E-state index contributed by atoms with van der Waals surface area (Å²) < 4.78 is 0. The van der Waals surface area contributed by atoms with Crippen molar-refractivity contribution in [3.63, 3.8) is 0 Å². The highest BCUT2D eigenvalue weighted by atomic mass is 14.9. The van der Waals surface area contributed by atoms with E-state index in [-0.39, 0.29) is 0 Å². The van der Waals surface area contributed by atoms with Crippen molar-refractivity contribution in [2.75, 3.05) is 6.54 Å². The average molecular weight is 227 g/mol. The zero-order valence-corrected chi connectivity index (χ0v) is 10.3. The minimum Gasteiger partial charge on any atom is -0.312 e. The smallest absolute Gasteiger partial charge is 0.0205 e. The third-order valence-corrected chi connectivity index (χ3v) is 5.45. The van der Waals surface area contributed by atoms with Crippen molar-refractivity contribution in [1.82, 2.24) is 5.32 Å². The van der Waals surface area contributed by atoms with E-state index in [9.17, 15) is 0 Å². The highest BCUT2D eigenvalue weighted by Gasteiger charge is 2.64. The molecule has 1 aromatic carbocycles. The van der Waals surface area contributed by atoms with E-state index in [4.69, 9.17) is 0 Å². The van der Waals surface area contributed by atoms with E-state index in [2.05, 4.69) is 35.6 Å². The van der Waals surface area contributed by atoms with Crippen LogP contribution in [0.1, 0.15) is 24.8 Å². The van der Waals surface area contributed by atoms with Gasteiger partial charge in [0.15, 0.2) is 0 Å². The summed E-state index contributed by atoms with van der Waals surface area (Å²) in [5.41, 5.74) is 1.42. The predicted octanol–water partition coefficient (Wildman–Crippen LogP) is 3.07. The number of rotatable bonds is 4. The molecule has 0 amide bonds. The molecule has 1 nitrogen and oxygen atoms in total. The maximum atomic E-state index is 3.66. The van der Waals surface area contributed by atoms with Gasteiger partial charge in [-0.05, 0) is 61.0 Å². The molecule has 3 fully saturated rings. The molecule has 2 bridgehead atoms. The first-order chi connectivity index (χ1) is 8.43. The van der Waals surface area contributed by atoms with Crippen LogP contribution >= 0.6 is 0 Å². The van der Waals surface area contributed by atoms with Gasteiger partial charge in [-0.15, -0.1) is 0 Å². The van der Waals surface area contributed by atoms with Crippen LogP contribution in [0.3, 0.4) is 0 Å². The van der Waals surface area contributed by atoms with Crippen LogP contribution in [-0.4, -0.2) is 6.54 Å². The van der Waals surface area contributed by atoms with Crippen molar-refractivity contribution in [1.29, 1.82) is 0 Å². The average Bonchev–Trinajstić information content (AvgIpc) is 2.78. The van der Waals surface area contributed by atoms with Gasteiger partial charge in [0.25, 0.3) is 0 Å². The lowest BCUT2D eigenvalue weighted by atomic mass is 10.0. The summed E-state index contributed by atoms with van der Waals surface area (Å²) in [7, 11) is 0. The molecule has 4 unspecified atom stereocenters. The zero-order chi connectivity index (χ0) is 11.2. The standard InChI is InChI=1S/C16H21N/c1-2-4-11(5-3-1)9-17-10-14-15-12-6-7-13(8-12)16(14)15/h1-5,12-17H,6-10H2. The van der Waals surface area contributed by atoms with E-state index < -0.39 is 0 Å². The molecule has 0 saturated heterocycles. The summed E-state index contributed by atoms with van der Waals surface area (Å²) in [4.78, 5) is 0. The summed E-state index contributed by atoms with van der Waals surface area (Å²) in [5.74, 6) is 5.51. The molecule has 1 N–H and O–H groups in total. The van der Waals surface area contributed by atoms with E-state index >= 15 is 0 Å². The van der Waals surface area contributed by atoms with Gasteiger partial charge >= 0.3 is 0 Å². The molecule has 0 spiro atoms. The second-order valence-electron chi connectivity index (χ2n) is 6.27. The van der Waals surface area contributed by atoms with Gasteiger partial charge in [-0.2, -0.15) is 0 Å². The summed E-state index contributed by atoms with van der Waals surface area (Å²) >= 11 is 0. The monoisotopic (exact) mass is 227 g/mol. The molecule has 3 aliphatic rings. The van der Waals surface area contributed by atoms with E-state index in [1.807, 2.05) is 0 Å². The Morgan fingerprint density at radius 2 is 1.71 bits per heavy atom. The van der Waals surface area contributed by atoms with E-state index in [0.717, 1.165) is 36.1 Å². The molecule has 0 heterocycles. The SMILES string of the molecule is c1ccc(CNCC2C3C4CCC(C4)C23)cc1. The fourth-order valence-electron chi connectivity index (χ4n) is 4.76. The highest BCUT2D eigenvalue weighted by molar-refractivity contribution is 5.15. The Bertz CT molecular complexity index is 383. The topological polar surface area (TPSA) is 12.0 Å². The summed E-state index contributed by atoms with van der Waals surface area (Å²) in [6, 6.07) is 10.8. The molecule has 3 saturated carbocycles. The van der Waals surface area contributed by atoms with Gasteiger partial charge in [-0.1, -0.05) is 30.3 Å². The van der Waals surface area contributed by atoms with Crippen LogP contribution in [0.25, 0.3) is 0 Å². The zero-order valence-electron chi connectivity index (χ0n) is 10.3. The first kappa shape index (κ1) is 10.1. The summed E-state index contributed by atoms with van der Waals surface area (Å²) in [5, 5.41) is 3.66. The molecule has 1 heteroatoms. The van der Waals surface area contributed by atoms with Crippen LogP contribution in [0, 0.1) is 29.6 Å². The maximum absolute atomic E-state index is 3.66. The fraction of sp³-hybridized carbons (Fsp3) is 0.625. The van der Waals surface area contributed by atoms with Crippen molar-refractivity contribution in [2.24, 2.45) is 29.6 Å². The fourth-order valence-corrected chi connectivity index (χ4v) is 4.76. The number of hydrogen-bond donors (Lipinski definition) is 1. The Balaban J connectivity index is 1.28. The van der Waals surface area contributed by atoms with Gasteiger partial charge in [0, 0.05) is 6.54 Å². The lowest BCUT2D eigenvalue weighted by Gasteiger charge is -2.09. The van der Waals surface area contributed by atoms with Gasteiger partial charge in [-0.25, -0.2) is 0 Å². The Morgan fingerprint density at radius 1 is 1.00 bits per heavy atom. The molecule has 1 aromatic rings. The molecule has 4 atom stereocenters. The lowest BCUT2D eigenvalue weighted by molar-refractivity contribution is 0.443. The Kier molecular flexibility index (Phi) is 2.29. The van der Waals surface area contributed by atoms with Crippen molar-refractivity contribution >= 4 is 0 Å². The van der Waals surface area contributed by atoms with Crippen LogP contribution < -0.4 is 5.32 Å². The first-order valence-electron chi connectivity index (χ1n) is 7.18. The normalized spacial score (nSPS) is 41.5. The minimum atomic E-state index is 1.03. The largest absolute Gasteiger partial charge is 0.312 e. The Labute approximate surface area is 104 Å². The molecule has 90 valence electrons. The molecular formula is C16H21N. The minimum absolute atomic E-state index is 1.03. The molecule has 0 aromatic heterocycles. The van der Waals surface area contributed by atoms with Gasteiger partial charge in [0.1, 0.15) is 0 Å². The molecular weight excluding hydrogens is 206 g/mol. The molecule has 17 heavy (non-hydrogen) atoms. The highest BCUT2D eigenvalue weighted by Crippen LogP contribution is 2.69. The molecule has 0 radical (unpaired) electrons. The number of fused-ring (bicyclic) bond motifs is 5. The van der Waals surface area contributed by atoms with E-state index in [1.165, 1.54) is 12.1 Å². The maximum Gasteiger partial charge on any atom is 0.0205 e. The Hall–Kier alpha value is -0.820. The van der Waals surface area contributed by atoms with Crippen LogP contribution in [-0.2, 0) is 6.54 Å². The molecule has 4 rings (SSSR count). The third kappa shape index (κ3) is 1.63. The summed E-state index contributed by atoms with van der Waals surface area (Å²) in [6.07, 6.45) is 4.66. The number of nitrogens with one attached hydrogen (secondary N) is 1. The van der Waals surface area contributed by atoms with Crippen molar-refractivity contribution < 1.29 is 0 Å². The predicted molar refractivity (Wildman–Crippen MR) is 69.4 cm³/mol. The van der Waals surface area contributed by atoms with Crippen LogP contribution in [0.15, 0.2) is 30.3 Å². The van der Waals surface area contributed by atoms with Crippen molar-refractivity contribution in [2.45, 2.75) is 25.8 Å². The second-order valence-corrected chi connectivity index (χ2v) is 6.27. The van der Waals surface area contributed by atoms with Gasteiger partial charge < -0.3 is 5.32 Å². The van der Waals surface area contributed by atoms with E-state index in [1.54, 1.807) is 19.3 Å². The van der Waals surface area contributed by atoms with Crippen molar-refractivity contribution in [3.05, 3.63) is 35.9 Å². The van der Waals surface area contributed by atoms with Crippen LogP contribution in [0.2, 0.25) is 0 Å². The summed E-state index contributed by atoms with van der Waals surface area (Å²) in [6.45, 7) is 2.31.